The number of hydrogen-bond acceptors (Lipinski definition) is 3. The number of rotatable bonds is 5. The van der Waals surface area contributed by atoms with E-state index in [2.05, 4.69) is 5.32 Å². The molecule has 0 saturated carbocycles. The van der Waals surface area contributed by atoms with Crippen LogP contribution in [0.2, 0.25) is 5.02 Å². The van der Waals surface area contributed by atoms with Crippen molar-refractivity contribution in [3.05, 3.63) is 68.7 Å². The van der Waals surface area contributed by atoms with Gasteiger partial charge in [-0.25, -0.2) is 4.79 Å². The number of imide groups is 1. The van der Waals surface area contributed by atoms with E-state index in [4.69, 9.17) is 11.6 Å². The van der Waals surface area contributed by atoms with Crippen LogP contribution in [0.5, 0.6) is 0 Å². The summed E-state index contributed by atoms with van der Waals surface area (Å²) in [5.41, 5.74) is 4.09. The zero-order valence-corrected chi connectivity index (χ0v) is 18.1. The van der Waals surface area contributed by atoms with Crippen molar-refractivity contribution in [2.75, 3.05) is 6.54 Å². The number of carbonyl (C=O) groups is 3. The number of aryl methyl sites for hydroxylation is 1. The van der Waals surface area contributed by atoms with Crippen LogP contribution in [-0.4, -0.2) is 29.2 Å². The molecule has 0 bridgehead atoms. The maximum absolute atomic E-state index is 13.3. The first-order valence-electron chi connectivity index (χ1n) is 9.63. The normalized spacial score (nSPS) is 18.9. The monoisotopic (exact) mass is 412 g/mol. The largest absolute Gasteiger partial charge is 0.325 e. The predicted octanol–water partition coefficient (Wildman–Crippen LogP) is 4.61. The third kappa shape index (κ3) is 3.44. The van der Waals surface area contributed by atoms with E-state index in [1.807, 2.05) is 40.7 Å². The molecule has 0 spiro atoms. The number of nitrogens with one attached hydrogen (secondary N) is 1. The third-order valence-electron chi connectivity index (χ3n) is 6.13. The lowest BCUT2D eigenvalue weighted by Crippen LogP contribution is -2.43. The molecule has 5 nitrogen and oxygen atoms in total. The molecule has 0 radical (unpaired) electrons. The second-order valence-corrected chi connectivity index (χ2v) is 8.06. The van der Waals surface area contributed by atoms with E-state index >= 15 is 0 Å². The SMILES string of the molecule is CCC1(c2ccc(Cl)cc2)NC(=O)N(CC(=O)c2cc(C)c(C)c(C)c2C)C1=O. The molecular weight excluding hydrogens is 388 g/mol. The van der Waals surface area contributed by atoms with Gasteiger partial charge in [0.1, 0.15) is 5.54 Å². The first-order valence-corrected chi connectivity index (χ1v) is 10.0. The smallest absolute Gasteiger partial charge is 0.319 e. The van der Waals surface area contributed by atoms with Crippen LogP contribution in [0.15, 0.2) is 30.3 Å². The van der Waals surface area contributed by atoms with Crippen molar-refractivity contribution in [1.82, 2.24) is 10.2 Å². The van der Waals surface area contributed by atoms with Gasteiger partial charge in [-0.1, -0.05) is 30.7 Å². The summed E-state index contributed by atoms with van der Waals surface area (Å²) in [5.74, 6) is -0.668. The highest BCUT2D eigenvalue weighted by atomic mass is 35.5. The molecule has 1 saturated heterocycles. The number of carbonyl (C=O) groups excluding carboxylic acids is 3. The van der Waals surface area contributed by atoms with Gasteiger partial charge in [0.15, 0.2) is 5.78 Å². The summed E-state index contributed by atoms with van der Waals surface area (Å²) in [6.07, 6.45) is 0.367. The number of ketones is 1. The number of urea groups is 1. The molecule has 1 atom stereocenters. The summed E-state index contributed by atoms with van der Waals surface area (Å²) < 4.78 is 0. The Hall–Kier alpha value is -2.66. The van der Waals surface area contributed by atoms with E-state index in [0.717, 1.165) is 27.2 Å². The lowest BCUT2D eigenvalue weighted by Gasteiger charge is -2.25. The number of Topliss-reactive ketones (excluding diaryl/α,β-unsaturated/α-hetero) is 1. The zero-order chi connectivity index (χ0) is 21.5. The molecule has 3 rings (SSSR count). The lowest BCUT2D eigenvalue weighted by atomic mass is 9.87. The Bertz CT molecular complexity index is 1010. The van der Waals surface area contributed by atoms with E-state index in [1.165, 1.54) is 0 Å². The highest BCUT2D eigenvalue weighted by molar-refractivity contribution is 6.30. The van der Waals surface area contributed by atoms with Crippen LogP contribution in [-0.2, 0) is 10.3 Å². The van der Waals surface area contributed by atoms with E-state index < -0.39 is 17.5 Å². The summed E-state index contributed by atoms with van der Waals surface area (Å²) in [7, 11) is 0. The van der Waals surface area contributed by atoms with Gasteiger partial charge in [0.2, 0.25) is 0 Å². The Morgan fingerprint density at radius 3 is 2.24 bits per heavy atom. The van der Waals surface area contributed by atoms with E-state index in [9.17, 15) is 14.4 Å². The summed E-state index contributed by atoms with van der Waals surface area (Å²) in [5, 5.41) is 3.34. The van der Waals surface area contributed by atoms with Gasteiger partial charge in [-0.05, 0) is 80.1 Å². The Morgan fingerprint density at radius 1 is 1.03 bits per heavy atom. The Morgan fingerprint density at radius 2 is 1.66 bits per heavy atom. The molecule has 1 heterocycles. The van der Waals surface area contributed by atoms with E-state index in [-0.39, 0.29) is 12.3 Å². The second-order valence-electron chi connectivity index (χ2n) is 7.63. The van der Waals surface area contributed by atoms with Gasteiger partial charge in [0, 0.05) is 10.6 Å². The number of halogens is 1. The summed E-state index contributed by atoms with van der Waals surface area (Å²) in [4.78, 5) is 39.9. The van der Waals surface area contributed by atoms with Gasteiger partial charge >= 0.3 is 6.03 Å². The molecule has 2 aromatic carbocycles. The molecule has 1 aliphatic rings. The van der Waals surface area contributed by atoms with Crippen molar-refractivity contribution in [3.63, 3.8) is 0 Å². The average Bonchev–Trinajstić information content (AvgIpc) is 2.94. The zero-order valence-electron chi connectivity index (χ0n) is 17.4. The molecule has 6 heteroatoms. The van der Waals surface area contributed by atoms with Gasteiger partial charge in [-0.2, -0.15) is 0 Å². The highest BCUT2D eigenvalue weighted by Gasteiger charge is 2.51. The Kier molecular flexibility index (Phi) is 5.54. The Labute approximate surface area is 176 Å². The van der Waals surface area contributed by atoms with Gasteiger partial charge < -0.3 is 5.32 Å². The van der Waals surface area contributed by atoms with E-state index in [1.54, 1.807) is 24.3 Å². The van der Waals surface area contributed by atoms with Crippen molar-refractivity contribution in [1.29, 1.82) is 0 Å². The summed E-state index contributed by atoms with van der Waals surface area (Å²) in [6, 6.07) is 8.10. The van der Waals surface area contributed by atoms with Crippen LogP contribution in [0, 0.1) is 27.7 Å². The summed E-state index contributed by atoms with van der Waals surface area (Å²) in [6.45, 7) is 9.38. The molecule has 1 aliphatic heterocycles. The van der Waals surface area contributed by atoms with Crippen LogP contribution in [0.25, 0.3) is 0 Å². The van der Waals surface area contributed by atoms with Crippen molar-refractivity contribution in [2.45, 2.75) is 46.6 Å². The average molecular weight is 413 g/mol. The van der Waals surface area contributed by atoms with Crippen molar-refractivity contribution in [3.8, 4) is 0 Å². The number of amides is 3. The standard InChI is InChI=1S/C23H25ClN2O3/c1-6-23(17-7-9-18(24)10-8-17)21(28)26(22(29)25-23)12-20(27)19-11-13(2)14(3)15(4)16(19)5/h7-11H,6,12H2,1-5H3,(H,25,29). The number of nitrogens with zero attached hydrogens (tertiary/aromatic N) is 1. The van der Waals surface area contributed by atoms with Gasteiger partial charge in [0.25, 0.3) is 5.91 Å². The number of hydrogen-bond donors (Lipinski definition) is 1. The van der Waals surface area contributed by atoms with Crippen LogP contribution < -0.4 is 5.32 Å². The molecule has 3 amide bonds. The number of benzene rings is 2. The first-order chi connectivity index (χ1) is 13.6. The fourth-order valence-corrected chi connectivity index (χ4v) is 4.00. The van der Waals surface area contributed by atoms with Crippen LogP contribution >= 0.6 is 11.6 Å². The van der Waals surface area contributed by atoms with Crippen molar-refractivity contribution < 1.29 is 14.4 Å². The molecule has 2 aromatic rings. The fourth-order valence-electron chi connectivity index (χ4n) is 3.87. The quantitative estimate of drug-likeness (QED) is 0.575. The van der Waals surface area contributed by atoms with E-state index in [0.29, 0.717) is 22.6 Å². The van der Waals surface area contributed by atoms with Gasteiger partial charge in [0.05, 0.1) is 6.54 Å². The molecule has 29 heavy (non-hydrogen) atoms. The summed E-state index contributed by atoms with van der Waals surface area (Å²) >= 11 is 5.96. The van der Waals surface area contributed by atoms with Gasteiger partial charge in [-0.15, -0.1) is 0 Å². The molecule has 152 valence electrons. The minimum Gasteiger partial charge on any atom is -0.319 e. The minimum absolute atomic E-state index is 0.250. The fraction of sp³-hybridized carbons (Fsp3) is 0.348. The lowest BCUT2D eigenvalue weighted by molar-refractivity contribution is -0.131. The van der Waals surface area contributed by atoms with Crippen molar-refractivity contribution >= 4 is 29.3 Å². The van der Waals surface area contributed by atoms with Gasteiger partial charge in [-0.3, -0.25) is 14.5 Å². The molecule has 1 unspecified atom stereocenters. The van der Waals surface area contributed by atoms with Crippen LogP contribution in [0.4, 0.5) is 4.79 Å². The third-order valence-corrected chi connectivity index (χ3v) is 6.38. The minimum atomic E-state index is -1.18. The molecule has 0 aliphatic carbocycles. The maximum Gasteiger partial charge on any atom is 0.325 e. The highest BCUT2D eigenvalue weighted by Crippen LogP contribution is 2.33. The predicted molar refractivity (Wildman–Crippen MR) is 113 cm³/mol. The molecule has 1 fully saturated rings. The molecule has 0 aromatic heterocycles. The molecule has 1 N–H and O–H groups in total. The van der Waals surface area contributed by atoms with Crippen LogP contribution in [0.1, 0.15) is 51.5 Å². The molecular formula is C23H25ClN2O3. The van der Waals surface area contributed by atoms with Crippen LogP contribution in [0.3, 0.4) is 0 Å². The Balaban J connectivity index is 1.93. The topological polar surface area (TPSA) is 66.5 Å². The van der Waals surface area contributed by atoms with Crippen molar-refractivity contribution in [2.24, 2.45) is 0 Å². The first kappa shape index (κ1) is 21.1. The maximum atomic E-state index is 13.3. The second kappa shape index (κ2) is 7.64.